The number of pyridine rings is 1. The number of morpholine rings is 1. The first-order valence-corrected chi connectivity index (χ1v) is 8.86. The molecule has 3 heterocycles. The molecule has 0 radical (unpaired) electrons. The van der Waals surface area contributed by atoms with Gasteiger partial charge in [0.05, 0.1) is 13.2 Å². The maximum atomic E-state index is 12.0. The van der Waals surface area contributed by atoms with E-state index in [1.54, 1.807) is 24.4 Å². The number of hydrazine groups is 1. The standard InChI is InChI=1S/C17H24N8O2/c18-14-15(20-6-3-7-25-8-10-27-11-9-25)21-12-22-16(14)23-24-17(26)13-4-1-2-5-19-13/h1-2,4-5,12H,3,6-11,18H2,(H,24,26)(H2,20,21,22,23). The summed E-state index contributed by atoms with van der Waals surface area (Å²) in [4.78, 5) is 26.6. The summed E-state index contributed by atoms with van der Waals surface area (Å²) in [7, 11) is 0. The highest BCUT2D eigenvalue weighted by molar-refractivity contribution is 5.93. The van der Waals surface area contributed by atoms with Gasteiger partial charge in [-0.25, -0.2) is 9.97 Å². The van der Waals surface area contributed by atoms with Crippen LogP contribution in [0.15, 0.2) is 30.7 Å². The maximum absolute atomic E-state index is 12.0. The summed E-state index contributed by atoms with van der Waals surface area (Å²) < 4.78 is 5.34. The number of nitrogens with zero attached hydrogens (tertiary/aromatic N) is 4. The monoisotopic (exact) mass is 372 g/mol. The van der Waals surface area contributed by atoms with Crippen molar-refractivity contribution in [1.29, 1.82) is 0 Å². The van der Waals surface area contributed by atoms with Crippen LogP contribution in [-0.4, -0.2) is 65.2 Å². The van der Waals surface area contributed by atoms with Crippen LogP contribution in [0.5, 0.6) is 0 Å². The Kier molecular flexibility index (Phi) is 6.72. The number of anilines is 3. The summed E-state index contributed by atoms with van der Waals surface area (Å²) in [6.07, 6.45) is 3.89. The highest BCUT2D eigenvalue weighted by Crippen LogP contribution is 2.21. The molecule has 2 aromatic heterocycles. The van der Waals surface area contributed by atoms with E-state index in [1.807, 2.05) is 0 Å². The molecule has 1 saturated heterocycles. The minimum Gasteiger partial charge on any atom is -0.393 e. The molecule has 0 bridgehead atoms. The molecule has 27 heavy (non-hydrogen) atoms. The topological polar surface area (TPSA) is 130 Å². The zero-order valence-electron chi connectivity index (χ0n) is 15.0. The van der Waals surface area contributed by atoms with Crippen molar-refractivity contribution in [2.75, 3.05) is 55.9 Å². The van der Waals surface area contributed by atoms with E-state index >= 15 is 0 Å². The lowest BCUT2D eigenvalue weighted by molar-refractivity contribution is 0.0378. The van der Waals surface area contributed by atoms with Crippen molar-refractivity contribution < 1.29 is 9.53 Å². The molecule has 0 saturated carbocycles. The van der Waals surface area contributed by atoms with Crippen molar-refractivity contribution >= 4 is 23.2 Å². The van der Waals surface area contributed by atoms with Gasteiger partial charge >= 0.3 is 0 Å². The predicted molar refractivity (Wildman–Crippen MR) is 102 cm³/mol. The Bertz CT molecular complexity index is 737. The van der Waals surface area contributed by atoms with E-state index < -0.39 is 0 Å². The van der Waals surface area contributed by atoms with Crippen LogP contribution in [0.4, 0.5) is 17.3 Å². The second-order valence-electron chi connectivity index (χ2n) is 6.01. The Hall–Kier alpha value is -2.98. The SMILES string of the molecule is Nc1c(NCCCN2CCOCC2)ncnc1NNC(=O)c1ccccn1. The molecule has 1 amide bonds. The Balaban J connectivity index is 1.47. The number of amides is 1. The Morgan fingerprint density at radius 2 is 2.00 bits per heavy atom. The van der Waals surface area contributed by atoms with Crippen LogP contribution in [0.1, 0.15) is 16.9 Å². The minimum absolute atomic E-state index is 0.291. The van der Waals surface area contributed by atoms with Gasteiger partial charge < -0.3 is 15.8 Å². The van der Waals surface area contributed by atoms with Crippen LogP contribution in [0.3, 0.4) is 0 Å². The molecule has 0 unspecified atom stereocenters. The van der Waals surface area contributed by atoms with E-state index in [0.29, 0.717) is 23.0 Å². The van der Waals surface area contributed by atoms with Gasteiger partial charge in [-0.3, -0.25) is 25.5 Å². The van der Waals surface area contributed by atoms with Crippen molar-refractivity contribution in [2.24, 2.45) is 0 Å². The lowest BCUT2D eigenvalue weighted by Gasteiger charge is -2.26. The van der Waals surface area contributed by atoms with Gasteiger partial charge in [0.15, 0.2) is 11.6 Å². The molecule has 1 aliphatic heterocycles. The molecule has 0 aromatic carbocycles. The van der Waals surface area contributed by atoms with Crippen molar-refractivity contribution in [3.63, 3.8) is 0 Å². The first-order valence-electron chi connectivity index (χ1n) is 8.86. The average molecular weight is 372 g/mol. The number of aromatic nitrogens is 3. The molecule has 10 heteroatoms. The van der Waals surface area contributed by atoms with Crippen LogP contribution in [-0.2, 0) is 4.74 Å². The van der Waals surface area contributed by atoms with Crippen molar-refractivity contribution in [3.8, 4) is 0 Å². The first-order chi connectivity index (χ1) is 13.2. The summed E-state index contributed by atoms with van der Waals surface area (Å²) in [5, 5.41) is 3.21. The summed E-state index contributed by atoms with van der Waals surface area (Å²) in [5.74, 6) is 0.472. The Morgan fingerprint density at radius 1 is 1.19 bits per heavy atom. The molecule has 5 N–H and O–H groups in total. The Morgan fingerprint density at radius 3 is 2.78 bits per heavy atom. The largest absolute Gasteiger partial charge is 0.393 e. The molecule has 0 atom stereocenters. The van der Waals surface area contributed by atoms with Crippen molar-refractivity contribution in [3.05, 3.63) is 36.4 Å². The number of nitrogen functional groups attached to an aromatic ring is 1. The van der Waals surface area contributed by atoms with Gasteiger partial charge in [-0.05, 0) is 25.1 Å². The fourth-order valence-corrected chi connectivity index (χ4v) is 2.65. The number of hydrogen-bond donors (Lipinski definition) is 4. The van der Waals surface area contributed by atoms with Gasteiger partial charge in [0.25, 0.3) is 5.91 Å². The smallest absolute Gasteiger partial charge is 0.288 e. The van der Waals surface area contributed by atoms with Gasteiger partial charge in [-0.2, -0.15) is 0 Å². The van der Waals surface area contributed by atoms with Gasteiger partial charge in [-0.1, -0.05) is 6.07 Å². The van der Waals surface area contributed by atoms with Crippen LogP contribution in [0, 0.1) is 0 Å². The quantitative estimate of drug-likeness (QED) is 0.383. The fourth-order valence-electron chi connectivity index (χ4n) is 2.65. The van der Waals surface area contributed by atoms with Gasteiger partial charge in [0.1, 0.15) is 17.7 Å². The number of nitrogens with one attached hydrogen (secondary N) is 3. The van der Waals surface area contributed by atoms with E-state index in [2.05, 4.69) is 36.0 Å². The first kappa shape index (κ1) is 18.8. The van der Waals surface area contributed by atoms with E-state index in [-0.39, 0.29) is 5.91 Å². The third kappa shape index (κ3) is 5.50. The van der Waals surface area contributed by atoms with E-state index in [4.69, 9.17) is 10.5 Å². The van der Waals surface area contributed by atoms with E-state index in [1.165, 1.54) is 6.33 Å². The molecule has 1 fully saturated rings. The second kappa shape index (κ2) is 9.64. The summed E-state index contributed by atoms with van der Waals surface area (Å²) in [5.41, 5.74) is 12.0. The minimum atomic E-state index is -0.381. The lowest BCUT2D eigenvalue weighted by atomic mass is 10.3. The molecular formula is C17H24N8O2. The summed E-state index contributed by atoms with van der Waals surface area (Å²) >= 11 is 0. The summed E-state index contributed by atoms with van der Waals surface area (Å²) in [6.45, 7) is 5.27. The van der Waals surface area contributed by atoms with E-state index in [0.717, 1.165) is 45.8 Å². The molecule has 144 valence electrons. The lowest BCUT2D eigenvalue weighted by Crippen LogP contribution is -2.37. The molecule has 2 aromatic rings. The number of carbonyl (C=O) groups excluding carboxylic acids is 1. The molecule has 3 rings (SSSR count). The van der Waals surface area contributed by atoms with Gasteiger partial charge in [0.2, 0.25) is 0 Å². The highest BCUT2D eigenvalue weighted by atomic mass is 16.5. The third-order valence-corrected chi connectivity index (χ3v) is 4.12. The number of carbonyl (C=O) groups is 1. The zero-order chi connectivity index (χ0) is 18.9. The number of ether oxygens (including phenoxy) is 1. The maximum Gasteiger partial charge on any atom is 0.288 e. The van der Waals surface area contributed by atoms with Crippen molar-refractivity contribution in [1.82, 2.24) is 25.3 Å². The van der Waals surface area contributed by atoms with Crippen LogP contribution in [0.2, 0.25) is 0 Å². The highest BCUT2D eigenvalue weighted by Gasteiger charge is 2.12. The molecule has 0 spiro atoms. The van der Waals surface area contributed by atoms with Crippen LogP contribution >= 0.6 is 0 Å². The van der Waals surface area contributed by atoms with Gasteiger partial charge in [-0.15, -0.1) is 0 Å². The van der Waals surface area contributed by atoms with E-state index in [9.17, 15) is 4.79 Å². The fraction of sp³-hybridized carbons (Fsp3) is 0.412. The van der Waals surface area contributed by atoms with Crippen LogP contribution < -0.4 is 21.9 Å². The van der Waals surface area contributed by atoms with Crippen LogP contribution in [0.25, 0.3) is 0 Å². The molecule has 1 aliphatic rings. The second-order valence-corrected chi connectivity index (χ2v) is 6.01. The van der Waals surface area contributed by atoms with Gasteiger partial charge in [0, 0.05) is 25.8 Å². The predicted octanol–water partition coefficient (Wildman–Crippen LogP) is 0.345. The third-order valence-electron chi connectivity index (χ3n) is 4.12. The average Bonchev–Trinajstić information content (AvgIpc) is 2.72. The zero-order valence-corrected chi connectivity index (χ0v) is 15.0. The molecule has 10 nitrogen and oxygen atoms in total. The Labute approximate surface area is 157 Å². The molecular weight excluding hydrogens is 348 g/mol. The van der Waals surface area contributed by atoms with Crippen molar-refractivity contribution in [2.45, 2.75) is 6.42 Å². The number of hydrogen-bond acceptors (Lipinski definition) is 9. The number of rotatable bonds is 8. The molecule has 0 aliphatic carbocycles. The summed E-state index contributed by atoms with van der Waals surface area (Å²) in [6, 6.07) is 5.09. The normalized spacial score (nSPS) is 14.5. The number of nitrogens with two attached hydrogens (primary N) is 1.